The minimum atomic E-state index is 0. The van der Waals surface area contributed by atoms with Crippen molar-refractivity contribution in [2.45, 2.75) is 26.2 Å². The first-order valence-electron chi connectivity index (χ1n) is 8.63. The number of nitrogens with zero attached hydrogens (tertiary/aromatic N) is 4. The second-order valence-electron chi connectivity index (χ2n) is 7.06. The number of hydrogen-bond acceptors (Lipinski definition) is 4. The van der Waals surface area contributed by atoms with E-state index in [0.717, 1.165) is 55.8 Å². The fourth-order valence-electron chi connectivity index (χ4n) is 3.95. The van der Waals surface area contributed by atoms with Gasteiger partial charge in [0.25, 0.3) is 5.91 Å². The lowest BCUT2D eigenvalue weighted by Gasteiger charge is -2.39. The number of likely N-dealkylation sites (tertiary alicyclic amines) is 1. The van der Waals surface area contributed by atoms with Crippen LogP contribution in [0.15, 0.2) is 30.9 Å². The quantitative estimate of drug-likeness (QED) is 0.890. The van der Waals surface area contributed by atoms with Crippen molar-refractivity contribution in [2.75, 3.05) is 26.2 Å². The van der Waals surface area contributed by atoms with E-state index in [1.807, 2.05) is 30.0 Å². The Kier molecular flexibility index (Phi) is 5.11. The SMILES string of the molecule is Cc1cc(-n2cncn2)ccc1C(=O)N1CCC2(CCNC2)CC1.Cl. The Morgan fingerprint density at radius 1 is 1.24 bits per heavy atom. The standard InChI is InChI=1S/C18H23N5O.ClH/c1-14-10-15(23-13-20-12-21-23)2-3-16(14)17(24)22-8-5-18(6-9-22)4-7-19-11-18;/h2-3,10,12-13,19H,4-9,11H2,1H3;1H. The summed E-state index contributed by atoms with van der Waals surface area (Å²) in [6.07, 6.45) is 6.65. The van der Waals surface area contributed by atoms with Crippen LogP contribution in [0.25, 0.3) is 5.69 Å². The van der Waals surface area contributed by atoms with Crippen molar-refractivity contribution in [3.05, 3.63) is 42.0 Å². The average molecular weight is 362 g/mol. The topological polar surface area (TPSA) is 63.1 Å². The number of hydrogen-bond donors (Lipinski definition) is 1. The number of amides is 1. The summed E-state index contributed by atoms with van der Waals surface area (Å²) in [5, 5.41) is 7.61. The van der Waals surface area contributed by atoms with Gasteiger partial charge in [0.15, 0.2) is 0 Å². The normalized spacial score (nSPS) is 19.0. The highest BCUT2D eigenvalue weighted by Crippen LogP contribution is 2.37. The Labute approximate surface area is 154 Å². The van der Waals surface area contributed by atoms with Gasteiger partial charge in [-0.25, -0.2) is 9.67 Å². The molecule has 2 saturated heterocycles. The van der Waals surface area contributed by atoms with Crippen LogP contribution in [0.2, 0.25) is 0 Å². The van der Waals surface area contributed by atoms with Gasteiger partial charge in [0.1, 0.15) is 12.7 Å². The van der Waals surface area contributed by atoms with E-state index in [0.29, 0.717) is 5.41 Å². The summed E-state index contributed by atoms with van der Waals surface area (Å²) in [5.41, 5.74) is 3.13. The molecule has 1 spiro atoms. The molecule has 134 valence electrons. The Morgan fingerprint density at radius 2 is 2.04 bits per heavy atom. The molecule has 1 amide bonds. The number of nitrogens with one attached hydrogen (secondary N) is 1. The zero-order chi connectivity index (χ0) is 16.6. The Bertz CT molecular complexity index is 730. The molecule has 0 radical (unpaired) electrons. The number of aromatic nitrogens is 3. The van der Waals surface area contributed by atoms with Crippen molar-refractivity contribution in [1.82, 2.24) is 25.0 Å². The number of carbonyl (C=O) groups is 1. The monoisotopic (exact) mass is 361 g/mol. The van der Waals surface area contributed by atoms with Gasteiger partial charge in [-0.15, -0.1) is 12.4 Å². The minimum absolute atomic E-state index is 0. The lowest BCUT2D eigenvalue weighted by Crippen LogP contribution is -2.44. The summed E-state index contributed by atoms with van der Waals surface area (Å²) in [5.74, 6) is 0.151. The molecule has 6 nitrogen and oxygen atoms in total. The van der Waals surface area contributed by atoms with Crippen molar-refractivity contribution < 1.29 is 4.79 Å². The first-order chi connectivity index (χ1) is 11.7. The van der Waals surface area contributed by atoms with Gasteiger partial charge in [0.2, 0.25) is 0 Å². The van der Waals surface area contributed by atoms with E-state index in [9.17, 15) is 4.79 Å². The molecule has 1 aromatic carbocycles. The molecule has 3 heterocycles. The van der Waals surface area contributed by atoms with Crippen molar-refractivity contribution in [1.29, 1.82) is 0 Å². The highest BCUT2D eigenvalue weighted by molar-refractivity contribution is 5.96. The summed E-state index contributed by atoms with van der Waals surface area (Å²) in [4.78, 5) is 18.9. The van der Waals surface area contributed by atoms with Crippen LogP contribution in [0, 0.1) is 12.3 Å². The predicted octanol–water partition coefficient (Wildman–Crippen LogP) is 2.21. The zero-order valence-electron chi connectivity index (χ0n) is 14.4. The molecule has 25 heavy (non-hydrogen) atoms. The predicted molar refractivity (Wildman–Crippen MR) is 98.4 cm³/mol. The fourth-order valence-corrected chi connectivity index (χ4v) is 3.95. The van der Waals surface area contributed by atoms with Gasteiger partial charge in [-0.1, -0.05) is 0 Å². The number of rotatable bonds is 2. The molecule has 0 unspecified atom stereocenters. The summed E-state index contributed by atoms with van der Waals surface area (Å²) >= 11 is 0. The highest BCUT2D eigenvalue weighted by atomic mass is 35.5. The average Bonchev–Trinajstić information content (AvgIpc) is 3.27. The van der Waals surface area contributed by atoms with Gasteiger partial charge < -0.3 is 10.2 Å². The molecule has 4 rings (SSSR count). The van der Waals surface area contributed by atoms with Crippen LogP contribution < -0.4 is 5.32 Å². The third-order valence-corrected chi connectivity index (χ3v) is 5.57. The third kappa shape index (κ3) is 3.41. The molecule has 2 fully saturated rings. The number of halogens is 1. The molecular formula is C18H24ClN5O. The smallest absolute Gasteiger partial charge is 0.254 e. The van der Waals surface area contributed by atoms with Crippen LogP contribution in [0.3, 0.4) is 0 Å². The second-order valence-corrected chi connectivity index (χ2v) is 7.06. The van der Waals surface area contributed by atoms with E-state index < -0.39 is 0 Å². The summed E-state index contributed by atoms with van der Waals surface area (Å²) in [6, 6.07) is 5.84. The number of piperidine rings is 1. The van der Waals surface area contributed by atoms with Crippen molar-refractivity contribution in [3.63, 3.8) is 0 Å². The molecule has 0 atom stereocenters. The van der Waals surface area contributed by atoms with Crippen molar-refractivity contribution >= 4 is 18.3 Å². The van der Waals surface area contributed by atoms with E-state index in [2.05, 4.69) is 15.4 Å². The van der Waals surface area contributed by atoms with E-state index in [4.69, 9.17) is 0 Å². The number of carbonyl (C=O) groups excluding carboxylic acids is 1. The van der Waals surface area contributed by atoms with E-state index in [1.54, 1.807) is 11.0 Å². The van der Waals surface area contributed by atoms with Crippen molar-refractivity contribution in [3.8, 4) is 5.69 Å². The number of benzene rings is 1. The van der Waals surface area contributed by atoms with Gasteiger partial charge in [0, 0.05) is 25.2 Å². The van der Waals surface area contributed by atoms with Gasteiger partial charge in [-0.2, -0.15) is 5.10 Å². The molecule has 2 aliphatic rings. The Balaban J connectivity index is 0.00000182. The molecule has 0 aliphatic carbocycles. The van der Waals surface area contributed by atoms with Gasteiger partial charge in [0.05, 0.1) is 5.69 Å². The van der Waals surface area contributed by atoms with Gasteiger partial charge in [-0.3, -0.25) is 4.79 Å². The molecule has 1 N–H and O–H groups in total. The maximum absolute atomic E-state index is 12.9. The molecule has 7 heteroatoms. The van der Waals surface area contributed by atoms with Crippen molar-refractivity contribution in [2.24, 2.45) is 5.41 Å². The highest BCUT2D eigenvalue weighted by Gasteiger charge is 2.38. The van der Waals surface area contributed by atoms with Crippen LogP contribution in [0.5, 0.6) is 0 Å². The maximum atomic E-state index is 12.9. The van der Waals surface area contributed by atoms with Gasteiger partial charge >= 0.3 is 0 Å². The van der Waals surface area contributed by atoms with Crippen LogP contribution in [0.4, 0.5) is 0 Å². The molecule has 2 aliphatic heterocycles. The summed E-state index contributed by atoms with van der Waals surface area (Å²) in [7, 11) is 0. The van der Waals surface area contributed by atoms with Crippen LogP contribution >= 0.6 is 12.4 Å². The Hall–Kier alpha value is -1.92. The lowest BCUT2D eigenvalue weighted by molar-refractivity contribution is 0.0607. The van der Waals surface area contributed by atoms with E-state index in [1.165, 1.54) is 12.7 Å². The van der Waals surface area contributed by atoms with E-state index >= 15 is 0 Å². The molecule has 0 saturated carbocycles. The Morgan fingerprint density at radius 3 is 2.64 bits per heavy atom. The zero-order valence-corrected chi connectivity index (χ0v) is 15.3. The van der Waals surface area contributed by atoms with E-state index in [-0.39, 0.29) is 18.3 Å². The maximum Gasteiger partial charge on any atom is 0.254 e. The van der Waals surface area contributed by atoms with Crippen LogP contribution in [-0.2, 0) is 0 Å². The first kappa shape index (κ1) is 17.9. The fraction of sp³-hybridized carbons (Fsp3) is 0.500. The molecule has 2 aromatic rings. The van der Waals surface area contributed by atoms with Crippen LogP contribution in [0.1, 0.15) is 35.2 Å². The molecular weight excluding hydrogens is 338 g/mol. The van der Waals surface area contributed by atoms with Crippen LogP contribution in [-0.4, -0.2) is 51.8 Å². The second kappa shape index (κ2) is 7.14. The summed E-state index contributed by atoms with van der Waals surface area (Å²) < 4.78 is 1.71. The van der Waals surface area contributed by atoms with Gasteiger partial charge in [-0.05, 0) is 61.9 Å². The molecule has 0 bridgehead atoms. The molecule has 1 aromatic heterocycles. The third-order valence-electron chi connectivity index (χ3n) is 5.57. The minimum Gasteiger partial charge on any atom is -0.339 e. The first-order valence-corrected chi connectivity index (χ1v) is 8.63. The summed E-state index contributed by atoms with van der Waals surface area (Å²) in [6.45, 7) is 5.95. The largest absolute Gasteiger partial charge is 0.339 e. The number of aryl methyl sites for hydroxylation is 1. The lowest BCUT2D eigenvalue weighted by atomic mass is 9.77.